The molecule has 0 saturated carbocycles. The second-order valence-corrected chi connectivity index (χ2v) is 4.88. The van der Waals surface area contributed by atoms with Gasteiger partial charge in [0.25, 0.3) is 0 Å². The predicted molar refractivity (Wildman–Crippen MR) is 77.9 cm³/mol. The minimum atomic E-state index is 0.563. The first-order valence-electron chi connectivity index (χ1n) is 5.98. The maximum Gasteiger partial charge on any atom is 0.152 e. The third-order valence-electron chi connectivity index (χ3n) is 2.87. The van der Waals surface area contributed by atoms with E-state index in [1.54, 1.807) is 12.1 Å². The van der Waals surface area contributed by atoms with Crippen LogP contribution in [0.3, 0.4) is 0 Å². The van der Waals surface area contributed by atoms with Crippen molar-refractivity contribution in [2.24, 2.45) is 0 Å². The Bertz CT molecular complexity index is 598. The van der Waals surface area contributed by atoms with Crippen LogP contribution in [0.25, 0.3) is 0 Å². The third kappa shape index (κ3) is 3.32. The van der Waals surface area contributed by atoms with Crippen molar-refractivity contribution in [2.75, 3.05) is 11.9 Å². The highest BCUT2D eigenvalue weighted by Crippen LogP contribution is 2.23. The Morgan fingerprint density at radius 1 is 1.32 bits per heavy atom. The second kappa shape index (κ2) is 5.85. The minimum Gasteiger partial charge on any atom is -0.368 e. The average molecular weight is 275 g/mol. The molecule has 0 N–H and O–H groups in total. The van der Waals surface area contributed by atoms with Crippen LogP contribution >= 0.6 is 11.6 Å². The van der Waals surface area contributed by atoms with Crippen LogP contribution in [0.5, 0.6) is 0 Å². The number of anilines is 1. The molecule has 0 saturated heterocycles. The summed E-state index contributed by atoms with van der Waals surface area (Å²) >= 11 is 5.89. The van der Waals surface area contributed by atoms with E-state index in [-0.39, 0.29) is 0 Å². The number of benzene rings is 1. The lowest BCUT2D eigenvalue weighted by molar-refractivity contribution is 0.112. The molecule has 0 aliphatic carbocycles. The Hall–Kier alpha value is -1.87. The Kier molecular flexibility index (Phi) is 4.17. The fourth-order valence-electron chi connectivity index (χ4n) is 1.98. The van der Waals surface area contributed by atoms with Crippen molar-refractivity contribution in [3.63, 3.8) is 0 Å². The van der Waals surface area contributed by atoms with Gasteiger partial charge in [0.2, 0.25) is 0 Å². The minimum absolute atomic E-state index is 0.563. The zero-order valence-corrected chi connectivity index (χ0v) is 11.7. The molecule has 0 atom stereocenters. The molecule has 0 radical (unpaired) electrons. The topological polar surface area (TPSA) is 33.2 Å². The van der Waals surface area contributed by atoms with Crippen molar-refractivity contribution in [3.05, 3.63) is 58.4 Å². The molecule has 0 spiro atoms. The molecule has 3 nitrogen and oxygen atoms in total. The van der Waals surface area contributed by atoms with Gasteiger partial charge in [-0.1, -0.05) is 17.7 Å². The second-order valence-electron chi connectivity index (χ2n) is 4.45. The van der Waals surface area contributed by atoms with Crippen molar-refractivity contribution in [1.29, 1.82) is 0 Å². The molecule has 1 heterocycles. The predicted octanol–water partition coefficient (Wildman–Crippen LogP) is 3.49. The van der Waals surface area contributed by atoms with Crippen LogP contribution in [0.4, 0.5) is 5.69 Å². The highest BCUT2D eigenvalue weighted by molar-refractivity contribution is 6.31. The van der Waals surface area contributed by atoms with Crippen molar-refractivity contribution < 1.29 is 4.79 Å². The number of rotatable bonds is 4. The van der Waals surface area contributed by atoms with Crippen LogP contribution in [0.1, 0.15) is 21.7 Å². The number of aryl methyl sites for hydroxylation is 1. The van der Waals surface area contributed by atoms with Crippen LogP contribution in [0.15, 0.2) is 36.4 Å². The quantitative estimate of drug-likeness (QED) is 0.800. The van der Waals surface area contributed by atoms with Gasteiger partial charge in [0, 0.05) is 29.0 Å². The molecule has 0 unspecified atom stereocenters. The highest BCUT2D eigenvalue weighted by atomic mass is 35.5. The lowest BCUT2D eigenvalue weighted by Crippen LogP contribution is -2.18. The number of pyridine rings is 1. The van der Waals surface area contributed by atoms with Crippen molar-refractivity contribution in [1.82, 2.24) is 4.98 Å². The van der Waals surface area contributed by atoms with Gasteiger partial charge in [0.1, 0.15) is 0 Å². The van der Waals surface area contributed by atoms with E-state index in [1.165, 1.54) is 0 Å². The summed E-state index contributed by atoms with van der Waals surface area (Å²) in [5.41, 5.74) is 3.39. The standard InChI is InChI=1S/C15H15ClN2O/c1-11-4-3-5-14(17-11)9-18(2)15-7-6-13(16)8-12(15)10-19/h3-8,10H,9H2,1-2H3. The molecular weight excluding hydrogens is 260 g/mol. The monoisotopic (exact) mass is 274 g/mol. The maximum absolute atomic E-state index is 11.1. The van der Waals surface area contributed by atoms with Crippen molar-refractivity contribution in [2.45, 2.75) is 13.5 Å². The first-order valence-corrected chi connectivity index (χ1v) is 6.36. The molecule has 0 aliphatic heterocycles. The first-order chi connectivity index (χ1) is 9.10. The van der Waals surface area contributed by atoms with E-state index in [2.05, 4.69) is 4.98 Å². The summed E-state index contributed by atoms with van der Waals surface area (Å²) in [5.74, 6) is 0. The van der Waals surface area contributed by atoms with Crippen molar-refractivity contribution >= 4 is 23.6 Å². The Morgan fingerprint density at radius 3 is 2.79 bits per heavy atom. The van der Waals surface area contributed by atoms with Gasteiger partial charge in [-0.15, -0.1) is 0 Å². The van der Waals surface area contributed by atoms with E-state index < -0.39 is 0 Å². The number of halogens is 1. The Balaban J connectivity index is 2.24. The first kappa shape index (κ1) is 13.6. The molecule has 98 valence electrons. The zero-order valence-electron chi connectivity index (χ0n) is 10.9. The number of nitrogens with zero attached hydrogens (tertiary/aromatic N) is 2. The SMILES string of the molecule is Cc1cccc(CN(C)c2ccc(Cl)cc2C=O)n1. The van der Waals surface area contributed by atoms with Crippen LogP contribution < -0.4 is 4.90 Å². The van der Waals surface area contributed by atoms with Gasteiger partial charge in [-0.05, 0) is 37.3 Å². The van der Waals surface area contributed by atoms with Crippen LogP contribution in [-0.2, 0) is 6.54 Å². The molecule has 2 aromatic rings. The summed E-state index contributed by atoms with van der Waals surface area (Å²) in [6.07, 6.45) is 0.821. The summed E-state index contributed by atoms with van der Waals surface area (Å²) in [7, 11) is 1.93. The van der Waals surface area contributed by atoms with Crippen LogP contribution in [-0.4, -0.2) is 18.3 Å². The number of aldehydes is 1. The molecule has 1 aromatic carbocycles. The summed E-state index contributed by atoms with van der Waals surface area (Å²) < 4.78 is 0. The molecule has 0 bridgehead atoms. The molecule has 0 aliphatic rings. The van der Waals surface area contributed by atoms with Gasteiger partial charge in [-0.3, -0.25) is 9.78 Å². The smallest absolute Gasteiger partial charge is 0.152 e. The number of carbonyl (C=O) groups excluding carboxylic acids is 1. The summed E-state index contributed by atoms with van der Waals surface area (Å²) in [5, 5.41) is 0.563. The average Bonchev–Trinajstić information content (AvgIpc) is 2.38. The molecule has 0 fully saturated rings. The molecular formula is C15H15ClN2O. The molecule has 0 amide bonds. The maximum atomic E-state index is 11.1. The molecule has 19 heavy (non-hydrogen) atoms. The third-order valence-corrected chi connectivity index (χ3v) is 3.11. The van der Waals surface area contributed by atoms with E-state index in [9.17, 15) is 4.79 Å². The van der Waals surface area contributed by atoms with E-state index in [0.29, 0.717) is 17.1 Å². The van der Waals surface area contributed by atoms with E-state index in [1.807, 2.05) is 43.1 Å². The lowest BCUT2D eigenvalue weighted by atomic mass is 10.1. The molecule has 4 heteroatoms. The fourth-order valence-corrected chi connectivity index (χ4v) is 2.16. The summed E-state index contributed by atoms with van der Waals surface area (Å²) in [6, 6.07) is 11.2. The highest BCUT2D eigenvalue weighted by Gasteiger charge is 2.09. The Labute approximate surface area is 117 Å². The van der Waals surface area contributed by atoms with Gasteiger partial charge in [0.05, 0.1) is 12.2 Å². The van der Waals surface area contributed by atoms with E-state index >= 15 is 0 Å². The Morgan fingerprint density at radius 2 is 2.11 bits per heavy atom. The number of aromatic nitrogens is 1. The number of hydrogen-bond donors (Lipinski definition) is 0. The van der Waals surface area contributed by atoms with Crippen LogP contribution in [0.2, 0.25) is 5.02 Å². The van der Waals surface area contributed by atoms with Crippen LogP contribution in [0, 0.1) is 6.92 Å². The normalized spacial score (nSPS) is 10.3. The number of carbonyl (C=O) groups is 1. The molecule has 2 rings (SSSR count). The largest absolute Gasteiger partial charge is 0.368 e. The van der Waals surface area contributed by atoms with Gasteiger partial charge < -0.3 is 4.90 Å². The summed E-state index contributed by atoms with van der Waals surface area (Å²) in [6.45, 7) is 2.60. The lowest BCUT2D eigenvalue weighted by Gasteiger charge is -2.20. The van der Waals surface area contributed by atoms with Gasteiger partial charge in [-0.25, -0.2) is 0 Å². The fraction of sp³-hybridized carbons (Fsp3) is 0.200. The van der Waals surface area contributed by atoms with Gasteiger partial charge >= 0.3 is 0 Å². The van der Waals surface area contributed by atoms with Crippen molar-refractivity contribution in [3.8, 4) is 0 Å². The van der Waals surface area contributed by atoms with Gasteiger partial charge in [0.15, 0.2) is 6.29 Å². The number of hydrogen-bond acceptors (Lipinski definition) is 3. The molecule has 1 aromatic heterocycles. The summed E-state index contributed by atoms with van der Waals surface area (Å²) in [4.78, 5) is 17.5. The zero-order chi connectivity index (χ0) is 13.8. The van der Waals surface area contributed by atoms with E-state index in [0.717, 1.165) is 23.4 Å². The van der Waals surface area contributed by atoms with E-state index in [4.69, 9.17) is 11.6 Å². The van der Waals surface area contributed by atoms with Gasteiger partial charge in [-0.2, -0.15) is 0 Å².